The lowest BCUT2D eigenvalue weighted by molar-refractivity contribution is -0.385. The molecule has 0 spiro atoms. The van der Waals surface area contributed by atoms with Crippen molar-refractivity contribution in [3.8, 4) is 0 Å². The molecule has 8 nitrogen and oxygen atoms in total. The normalized spacial score (nSPS) is 20.1. The zero-order valence-electron chi connectivity index (χ0n) is 9.04. The molecule has 0 radical (unpaired) electrons. The molecule has 17 heavy (non-hydrogen) atoms. The third kappa shape index (κ3) is 2.26. The molecular weight excluding hydrogens is 228 g/mol. The van der Waals surface area contributed by atoms with E-state index in [1.807, 2.05) is 0 Å². The van der Waals surface area contributed by atoms with Crippen LogP contribution in [0.15, 0.2) is 6.20 Å². The average Bonchev–Trinajstić information content (AvgIpc) is 2.75. The lowest BCUT2D eigenvalue weighted by Crippen LogP contribution is -2.20. The number of amides is 1. The van der Waals surface area contributed by atoms with Crippen LogP contribution in [0, 0.1) is 10.1 Å². The molecule has 0 saturated carbocycles. The number of carbonyl (C=O) groups excluding carboxylic acids is 1. The van der Waals surface area contributed by atoms with Gasteiger partial charge in [0.05, 0.1) is 4.92 Å². The van der Waals surface area contributed by atoms with Crippen LogP contribution >= 0.6 is 0 Å². The van der Waals surface area contributed by atoms with Crippen molar-refractivity contribution < 1.29 is 14.5 Å². The molecule has 0 aromatic carbocycles. The molecule has 1 aromatic rings. The number of hydrogen-bond acceptors (Lipinski definition) is 5. The largest absolute Gasteiger partial charge is 0.364 e. The first kappa shape index (κ1) is 11.5. The highest BCUT2D eigenvalue weighted by molar-refractivity contribution is 5.94. The van der Waals surface area contributed by atoms with Crippen LogP contribution in [0.2, 0.25) is 0 Å². The monoisotopic (exact) mass is 240 g/mol. The standard InChI is InChI=1S/C9H12N4O4/c10-9(14)8-6(13(15)16)5-12(11-8)7-3-1-2-4-17-7/h5,7H,1-4H2,(H2,10,14). The van der Waals surface area contributed by atoms with Crippen molar-refractivity contribution in [2.75, 3.05) is 6.61 Å². The number of nitrogens with zero attached hydrogens (tertiary/aromatic N) is 3. The van der Waals surface area contributed by atoms with E-state index in [2.05, 4.69) is 5.10 Å². The number of rotatable bonds is 3. The fourth-order valence-corrected chi connectivity index (χ4v) is 1.77. The maximum absolute atomic E-state index is 11.0. The Morgan fingerprint density at radius 3 is 2.88 bits per heavy atom. The van der Waals surface area contributed by atoms with Crippen molar-refractivity contribution in [1.82, 2.24) is 9.78 Å². The van der Waals surface area contributed by atoms with Gasteiger partial charge >= 0.3 is 5.69 Å². The van der Waals surface area contributed by atoms with Crippen LogP contribution < -0.4 is 5.73 Å². The molecule has 8 heteroatoms. The summed E-state index contributed by atoms with van der Waals surface area (Å²) in [6.07, 6.45) is 3.48. The van der Waals surface area contributed by atoms with Crippen LogP contribution in [-0.2, 0) is 4.74 Å². The second-order valence-electron chi connectivity index (χ2n) is 3.79. The summed E-state index contributed by atoms with van der Waals surface area (Å²) in [5, 5.41) is 14.6. The van der Waals surface area contributed by atoms with Crippen LogP contribution in [0.5, 0.6) is 0 Å². The molecule has 1 aliphatic heterocycles. The van der Waals surface area contributed by atoms with Crippen molar-refractivity contribution in [2.45, 2.75) is 25.5 Å². The molecule has 0 aliphatic carbocycles. The van der Waals surface area contributed by atoms with Crippen LogP contribution in [0.3, 0.4) is 0 Å². The minimum Gasteiger partial charge on any atom is -0.364 e. The van der Waals surface area contributed by atoms with Crippen LogP contribution in [0.4, 0.5) is 5.69 Å². The Morgan fingerprint density at radius 1 is 1.65 bits per heavy atom. The summed E-state index contributed by atoms with van der Waals surface area (Å²) < 4.78 is 6.72. The fourth-order valence-electron chi connectivity index (χ4n) is 1.77. The summed E-state index contributed by atoms with van der Waals surface area (Å²) in [6, 6.07) is 0. The number of hydrogen-bond donors (Lipinski definition) is 1. The average molecular weight is 240 g/mol. The predicted molar refractivity (Wildman–Crippen MR) is 56.2 cm³/mol. The minimum absolute atomic E-state index is 0.329. The Bertz CT molecular complexity index is 418. The van der Waals surface area contributed by atoms with Crippen LogP contribution in [0.1, 0.15) is 36.0 Å². The van der Waals surface area contributed by atoms with E-state index in [0.29, 0.717) is 6.61 Å². The number of nitro groups is 1. The van der Waals surface area contributed by atoms with Crippen LogP contribution in [-0.4, -0.2) is 27.2 Å². The number of ether oxygens (including phenoxy) is 1. The molecule has 1 atom stereocenters. The van der Waals surface area contributed by atoms with Gasteiger partial charge in [-0.15, -0.1) is 0 Å². The molecule has 2 rings (SSSR count). The molecule has 92 valence electrons. The quantitative estimate of drug-likeness (QED) is 0.613. The molecule has 1 fully saturated rings. The SMILES string of the molecule is NC(=O)c1nn(C2CCCCO2)cc1[N+](=O)[O-]. The highest BCUT2D eigenvalue weighted by Crippen LogP contribution is 2.25. The zero-order valence-corrected chi connectivity index (χ0v) is 9.04. The van der Waals surface area contributed by atoms with E-state index < -0.39 is 10.8 Å². The van der Waals surface area contributed by atoms with Gasteiger partial charge in [-0.2, -0.15) is 5.10 Å². The molecular formula is C9H12N4O4. The first-order chi connectivity index (χ1) is 8.09. The Kier molecular flexibility index (Phi) is 3.05. The molecule has 1 amide bonds. The Hall–Kier alpha value is -1.96. The first-order valence-electron chi connectivity index (χ1n) is 5.24. The number of carbonyl (C=O) groups is 1. The molecule has 1 aliphatic rings. The van der Waals surface area contributed by atoms with E-state index in [1.165, 1.54) is 10.9 Å². The van der Waals surface area contributed by atoms with Gasteiger partial charge in [0.15, 0.2) is 0 Å². The molecule has 1 aromatic heterocycles. The molecule has 2 N–H and O–H groups in total. The van der Waals surface area contributed by atoms with E-state index in [4.69, 9.17) is 10.5 Å². The van der Waals surface area contributed by atoms with Crippen molar-refractivity contribution >= 4 is 11.6 Å². The van der Waals surface area contributed by atoms with Crippen molar-refractivity contribution in [1.29, 1.82) is 0 Å². The van der Waals surface area contributed by atoms with Crippen molar-refractivity contribution in [3.63, 3.8) is 0 Å². The molecule has 0 bridgehead atoms. The van der Waals surface area contributed by atoms with E-state index >= 15 is 0 Å². The van der Waals surface area contributed by atoms with Gasteiger partial charge in [-0.1, -0.05) is 0 Å². The Balaban J connectivity index is 2.32. The van der Waals surface area contributed by atoms with Crippen molar-refractivity contribution in [2.24, 2.45) is 5.73 Å². The van der Waals surface area contributed by atoms with Crippen LogP contribution in [0.25, 0.3) is 0 Å². The van der Waals surface area contributed by atoms with Gasteiger partial charge in [0.2, 0.25) is 5.69 Å². The van der Waals surface area contributed by atoms with Gasteiger partial charge in [0.1, 0.15) is 12.4 Å². The fraction of sp³-hybridized carbons (Fsp3) is 0.556. The van der Waals surface area contributed by atoms with E-state index in [1.54, 1.807) is 0 Å². The summed E-state index contributed by atoms with van der Waals surface area (Å²) in [5.41, 5.74) is 4.32. The van der Waals surface area contributed by atoms with Gasteiger partial charge in [0.25, 0.3) is 5.91 Å². The number of primary amides is 1. The summed E-state index contributed by atoms with van der Waals surface area (Å²) in [7, 11) is 0. The third-order valence-corrected chi connectivity index (χ3v) is 2.59. The lowest BCUT2D eigenvalue weighted by Gasteiger charge is -2.22. The summed E-state index contributed by atoms with van der Waals surface area (Å²) in [6.45, 7) is 0.588. The number of aromatic nitrogens is 2. The maximum Gasteiger partial charge on any atom is 0.320 e. The predicted octanol–water partition coefficient (Wildman–Crippen LogP) is 0.589. The van der Waals surface area contributed by atoms with Gasteiger partial charge in [-0.25, -0.2) is 4.68 Å². The van der Waals surface area contributed by atoms with Gasteiger partial charge in [-0.05, 0) is 19.3 Å². The highest BCUT2D eigenvalue weighted by Gasteiger charge is 2.27. The summed E-state index contributed by atoms with van der Waals surface area (Å²) in [5.74, 6) is -0.911. The topological polar surface area (TPSA) is 113 Å². The Morgan fingerprint density at radius 2 is 2.41 bits per heavy atom. The van der Waals surface area contributed by atoms with E-state index in [-0.39, 0.29) is 17.6 Å². The van der Waals surface area contributed by atoms with E-state index in [0.717, 1.165) is 19.3 Å². The zero-order chi connectivity index (χ0) is 12.4. The van der Waals surface area contributed by atoms with Gasteiger partial charge in [-0.3, -0.25) is 14.9 Å². The molecule has 1 saturated heterocycles. The highest BCUT2D eigenvalue weighted by atomic mass is 16.6. The minimum atomic E-state index is -0.911. The van der Waals surface area contributed by atoms with E-state index in [9.17, 15) is 14.9 Å². The first-order valence-corrected chi connectivity index (χ1v) is 5.24. The Labute approximate surface area is 96.5 Å². The maximum atomic E-state index is 11.0. The second-order valence-corrected chi connectivity index (χ2v) is 3.79. The smallest absolute Gasteiger partial charge is 0.320 e. The number of nitrogens with two attached hydrogens (primary N) is 1. The third-order valence-electron chi connectivity index (χ3n) is 2.59. The summed E-state index contributed by atoms with van der Waals surface area (Å²) in [4.78, 5) is 21.1. The van der Waals surface area contributed by atoms with Gasteiger partial charge < -0.3 is 10.5 Å². The molecule has 1 unspecified atom stereocenters. The van der Waals surface area contributed by atoms with Crippen molar-refractivity contribution in [3.05, 3.63) is 22.0 Å². The van der Waals surface area contributed by atoms with Gasteiger partial charge in [0, 0.05) is 6.61 Å². The molecule has 2 heterocycles. The summed E-state index contributed by atoms with van der Waals surface area (Å²) >= 11 is 0. The second kappa shape index (κ2) is 4.50. The lowest BCUT2D eigenvalue weighted by atomic mass is 10.2.